The smallest absolute Gasteiger partial charge is 0.220 e. The van der Waals surface area contributed by atoms with Crippen molar-refractivity contribution in [2.75, 3.05) is 6.61 Å². The Hall–Kier alpha value is -1.91. The molecule has 254 valence electrons. The lowest BCUT2D eigenvalue weighted by atomic mass is 10.1. The lowest BCUT2D eigenvalue weighted by molar-refractivity contribution is -0.123. The number of aliphatic hydroxyl groups excluding tert-OH is 2. The molecule has 3 N–H and O–H groups in total. The van der Waals surface area contributed by atoms with Crippen molar-refractivity contribution in [1.29, 1.82) is 0 Å². The molecule has 1 amide bonds. The van der Waals surface area contributed by atoms with Crippen LogP contribution in [0, 0.1) is 0 Å². The quantitative estimate of drug-likeness (QED) is 0.0522. The van der Waals surface area contributed by atoms with Crippen molar-refractivity contribution in [1.82, 2.24) is 5.32 Å². The second-order valence-electron chi connectivity index (χ2n) is 12.3. The van der Waals surface area contributed by atoms with Crippen molar-refractivity contribution in [3.05, 3.63) is 60.8 Å². The van der Waals surface area contributed by atoms with Crippen molar-refractivity contribution in [2.24, 2.45) is 0 Å². The molecule has 0 saturated heterocycles. The summed E-state index contributed by atoms with van der Waals surface area (Å²) < 4.78 is 0. The van der Waals surface area contributed by atoms with E-state index < -0.39 is 12.1 Å². The van der Waals surface area contributed by atoms with Crippen molar-refractivity contribution in [3.63, 3.8) is 0 Å². The summed E-state index contributed by atoms with van der Waals surface area (Å²) in [6.45, 7) is 4.23. The molecule has 0 radical (unpaired) electrons. The summed E-state index contributed by atoms with van der Waals surface area (Å²) >= 11 is 0. The van der Waals surface area contributed by atoms with Crippen LogP contribution in [0.15, 0.2) is 60.8 Å². The maximum atomic E-state index is 12.3. The van der Waals surface area contributed by atoms with E-state index in [-0.39, 0.29) is 12.5 Å². The summed E-state index contributed by atoms with van der Waals surface area (Å²) in [5, 5.41) is 22.8. The van der Waals surface area contributed by atoms with Crippen LogP contribution in [0.25, 0.3) is 0 Å². The Morgan fingerprint density at radius 2 is 0.955 bits per heavy atom. The third kappa shape index (κ3) is 31.5. The van der Waals surface area contributed by atoms with Gasteiger partial charge in [-0.15, -0.1) is 0 Å². The van der Waals surface area contributed by atoms with Crippen LogP contribution in [0.4, 0.5) is 0 Å². The maximum Gasteiger partial charge on any atom is 0.220 e. The van der Waals surface area contributed by atoms with Crippen LogP contribution in [0.5, 0.6) is 0 Å². The van der Waals surface area contributed by atoms with Crippen molar-refractivity contribution < 1.29 is 15.0 Å². The predicted molar refractivity (Wildman–Crippen MR) is 193 cm³/mol. The van der Waals surface area contributed by atoms with E-state index in [9.17, 15) is 15.0 Å². The molecule has 0 rings (SSSR count). The number of amides is 1. The number of aliphatic hydroxyl groups is 2. The summed E-state index contributed by atoms with van der Waals surface area (Å²) in [6, 6.07) is -0.653. The normalized spacial score (nSPS) is 13.8. The van der Waals surface area contributed by atoms with Gasteiger partial charge < -0.3 is 15.5 Å². The fourth-order valence-corrected chi connectivity index (χ4v) is 5.06. The van der Waals surface area contributed by atoms with Crippen molar-refractivity contribution in [3.8, 4) is 0 Å². The Labute approximate surface area is 273 Å². The Bertz CT molecular complexity index is 752. The van der Waals surface area contributed by atoms with Gasteiger partial charge in [0.05, 0.1) is 18.8 Å². The summed E-state index contributed by atoms with van der Waals surface area (Å²) in [6.07, 6.45) is 48.7. The molecule has 0 heterocycles. The van der Waals surface area contributed by atoms with E-state index in [1.54, 1.807) is 6.08 Å². The molecule has 0 aliphatic carbocycles. The van der Waals surface area contributed by atoms with Gasteiger partial charge in [0, 0.05) is 6.42 Å². The molecule has 4 heteroatoms. The van der Waals surface area contributed by atoms with Gasteiger partial charge in [-0.1, -0.05) is 145 Å². The van der Waals surface area contributed by atoms with Crippen molar-refractivity contribution in [2.45, 2.75) is 180 Å². The molecule has 2 atom stereocenters. The van der Waals surface area contributed by atoms with Gasteiger partial charge >= 0.3 is 0 Å². The van der Waals surface area contributed by atoms with Crippen LogP contribution in [-0.4, -0.2) is 34.9 Å². The Balaban J connectivity index is 3.76. The fraction of sp³-hybridized carbons (Fsp3) is 0.725. The van der Waals surface area contributed by atoms with Crippen LogP contribution >= 0.6 is 0 Å². The lowest BCUT2D eigenvalue weighted by Crippen LogP contribution is -2.45. The third-order valence-corrected chi connectivity index (χ3v) is 7.95. The van der Waals surface area contributed by atoms with Gasteiger partial charge in [-0.05, 0) is 77.0 Å². The average molecular weight is 614 g/mol. The predicted octanol–water partition coefficient (Wildman–Crippen LogP) is 11.0. The first-order valence-corrected chi connectivity index (χ1v) is 18.5. The number of carbonyl (C=O) groups excluding carboxylic acids is 1. The second kappa shape index (κ2) is 35.6. The van der Waals surface area contributed by atoms with Gasteiger partial charge in [0.25, 0.3) is 0 Å². The van der Waals surface area contributed by atoms with Crippen LogP contribution in [0.1, 0.15) is 168 Å². The Morgan fingerprint density at radius 3 is 1.50 bits per heavy atom. The number of unbranched alkanes of at least 4 members (excludes halogenated alkanes) is 17. The highest BCUT2D eigenvalue weighted by Gasteiger charge is 2.17. The van der Waals surface area contributed by atoms with E-state index in [0.717, 1.165) is 57.8 Å². The molecule has 0 aromatic carbocycles. The standard InChI is InChI=1S/C40H71NO3/c1-3-5-7-9-11-13-15-17-19-20-22-23-25-27-29-31-33-35-39(43)38(37-42)41-40(44)36-34-32-30-28-26-24-21-18-16-14-12-10-8-6-4-2/h12,14,18-21,25,27,33,35,38-39,42-43H,3-11,13,15-17,22-24,26,28-32,34,36-37H2,1-2H3,(H,41,44)/b14-12-,20-19+,21-18-,27-25+,35-33+. The van der Waals surface area contributed by atoms with Gasteiger partial charge in [0.2, 0.25) is 5.91 Å². The third-order valence-electron chi connectivity index (χ3n) is 7.95. The second-order valence-corrected chi connectivity index (χ2v) is 12.3. The first-order valence-electron chi connectivity index (χ1n) is 18.5. The number of carbonyl (C=O) groups is 1. The number of rotatable bonds is 32. The summed E-state index contributed by atoms with van der Waals surface area (Å²) in [7, 11) is 0. The Morgan fingerprint density at radius 1 is 0.545 bits per heavy atom. The number of hydrogen-bond acceptors (Lipinski definition) is 3. The summed E-state index contributed by atoms with van der Waals surface area (Å²) in [5.74, 6) is -0.0958. The Kier molecular flexibility index (Phi) is 34.0. The first-order chi connectivity index (χ1) is 21.7. The highest BCUT2D eigenvalue weighted by Crippen LogP contribution is 2.10. The van der Waals surface area contributed by atoms with E-state index in [4.69, 9.17) is 0 Å². The molecule has 0 aliphatic heterocycles. The number of nitrogens with one attached hydrogen (secondary N) is 1. The molecule has 0 saturated carbocycles. The van der Waals surface area contributed by atoms with Gasteiger partial charge in [-0.25, -0.2) is 0 Å². The minimum Gasteiger partial charge on any atom is -0.394 e. The minimum absolute atomic E-state index is 0.0958. The van der Waals surface area contributed by atoms with Gasteiger partial charge in [0.15, 0.2) is 0 Å². The molecular weight excluding hydrogens is 542 g/mol. The van der Waals surface area contributed by atoms with Crippen LogP contribution in [-0.2, 0) is 4.79 Å². The van der Waals surface area contributed by atoms with Gasteiger partial charge in [-0.2, -0.15) is 0 Å². The van der Waals surface area contributed by atoms with Crippen molar-refractivity contribution >= 4 is 5.91 Å². The molecule has 0 aliphatic rings. The monoisotopic (exact) mass is 614 g/mol. The largest absolute Gasteiger partial charge is 0.394 e. The van der Waals surface area contributed by atoms with E-state index in [2.05, 4.69) is 67.8 Å². The molecule has 2 unspecified atom stereocenters. The van der Waals surface area contributed by atoms with Crippen LogP contribution < -0.4 is 5.32 Å². The zero-order valence-corrected chi connectivity index (χ0v) is 28.9. The fourth-order valence-electron chi connectivity index (χ4n) is 5.06. The zero-order chi connectivity index (χ0) is 32.2. The van der Waals surface area contributed by atoms with Gasteiger partial charge in [0.1, 0.15) is 0 Å². The molecule has 0 bridgehead atoms. The first kappa shape index (κ1) is 42.1. The molecule has 0 aromatic heterocycles. The van der Waals surface area contributed by atoms with Crippen LogP contribution in [0.3, 0.4) is 0 Å². The SMILES string of the molecule is CCCCC/C=C\C/C=C\CCCCCCCC(=O)NC(CO)C(O)/C=C/CC/C=C/CC/C=C/CCCCCCCCC. The van der Waals surface area contributed by atoms with E-state index in [1.165, 1.54) is 89.9 Å². The molecular formula is C40H71NO3. The average Bonchev–Trinajstić information content (AvgIpc) is 3.03. The van der Waals surface area contributed by atoms with Crippen LogP contribution in [0.2, 0.25) is 0 Å². The number of allylic oxidation sites excluding steroid dienone is 9. The van der Waals surface area contributed by atoms with E-state index in [1.807, 2.05) is 6.08 Å². The van der Waals surface area contributed by atoms with E-state index >= 15 is 0 Å². The highest BCUT2D eigenvalue weighted by molar-refractivity contribution is 5.76. The topological polar surface area (TPSA) is 69.6 Å². The molecule has 0 spiro atoms. The van der Waals surface area contributed by atoms with E-state index in [0.29, 0.717) is 6.42 Å². The molecule has 0 fully saturated rings. The maximum absolute atomic E-state index is 12.3. The zero-order valence-electron chi connectivity index (χ0n) is 28.9. The number of hydrogen-bond donors (Lipinski definition) is 3. The molecule has 0 aromatic rings. The minimum atomic E-state index is -0.876. The summed E-state index contributed by atoms with van der Waals surface area (Å²) in [4.78, 5) is 12.3. The lowest BCUT2D eigenvalue weighted by Gasteiger charge is -2.19. The summed E-state index contributed by atoms with van der Waals surface area (Å²) in [5.41, 5.74) is 0. The van der Waals surface area contributed by atoms with Gasteiger partial charge in [-0.3, -0.25) is 4.79 Å². The molecule has 44 heavy (non-hydrogen) atoms. The highest BCUT2D eigenvalue weighted by atomic mass is 16.3. The molecule has 4 nitrogen and oxygen atoms in total.